The van der Waals surface area contributed by atoms with E-state index in [-0.39, 0.29) is 0 Å². The summed E-state index contributed by atoms with van der Waals surface area (Å²) in [5.74, 6) is 0. The molecule has 1 saturated carbocycles. The minimum absolute atomic E-state index is 0.524. The Bertz CT molecular complexity index is 456. The van der Waals surface area contributed by atoms with Crippen LogP contribution in [0.15, 0.2) is 12.1 Å². The van der Waals surface area contributed by atoms with Gasteiger partial charge >= 0.3 is 0 Å². The van der Waals surface area contributed by atoms with Crippen molar-refractivity contribution < 1.29 is 0 Å². The molecule has 1 aliphatic carbocycles. The maximum absolute atomic E-state index is 6.24. The molecule has 1 unspecified atom stereocenters. The first-order chi connectivity index (χ1) is 9.72. The van der Waals surface area contributed by atoms with Crippen LogP contribution in [0, 0.1) is 0 Å². The number of aromatic nitrogens is 1. The maximum Gasteiger partial charge on any atom is 0.129 e. The molecule has 0 bridgehead atoms. The third-order valence-electron chi connectivity index (χ3n) is 4.17. The fraction of sp³-hybridized carbons (Fsp3) is 0.667. The largest absolute Gasteiger partial charge is 0.313 e. The van der Waals surface area contributed by atoms with E-state index in [0.29, 0.717) is 17.2 Å². The van der Waals surface area contributed by atoms with Gasteiger partial charge in [0, 0.05) is 25.2 Å². The Kier molecular flexibility index (Phi) is 4.82. The van der Waals surface area contributed by atoms with E-state index in [2.05, 4.69) is 15.2 Å². The summed E-state index contributed by atoms with van der Waals surface area (Å²) in [6.07, 6.45) is 6.52. The first-order valence-corrected chi connectivity index (χ1v) is 8.26. The molecule has 0 radical (unpaired) electrons. The topological polar surface area (TPSA) is 28.2 Å². The van der Waals surface area contributed by atoms with Gasteiger partial charge in [0.15, 0.2) is 0 Å². The van der Waals surface area contributed by atoms with E-state index in [9.17, 15) is 0 Å². The van der Waals surface area contributed by atoms with Crippen molar-refractivity contribution in [3.05, 3.63) is 28.0 Å². The Labute approximate surface area is 130 Å². The third kappa shape index (κ3) is 3.85. The van der Waals surface area contributed by atoms with Gasteiger partial charge in [-0.2, -0.15) is 0 Å². The number of halogens is 2. The van der Waals surface area contributed by atoms with Gasteiger partial charge in [0.25, 0.3) is 0 Å². The Morgan fingerprint density at radius 3 is 2.75 bits per heavy atom. The van der Waals surface area contributed by atoms with Gasteiger partial charge in [-0.15, -0.1) is 0 Å². The van der Waals surface area contributed by atoms with Crippen molar-refractivity contribution in [1.82, 2.24) is 15.2 Å². The molecule has 0 amide bonds. The maximum atomic E-state index is 6.24. The average Bonchev–Trinajstić information content (AvgIpc) is 3.28. The molecule has 3 nitrogen and oxygen atoms in total. The standard InChI is InChI=1S/C15H21Cl2N3/c16-13-6-7-15(17)19-14(13)10-20(12-4-5-12)9-11-3-1-2-8-18-11/h6-7,11-12,18H,1-5,8-10H2. The van der Waals surface area contributed by atoms with Crippen molar-refractivity contribution in [3.63, 3.8) is 0 Å². The van der Waals surface area contributed by atoms with E-state index in [4.69, 9.17) is 23.2 Å². The molecule has 0 spiro atoms. The molecule has 1 aromatic heterocycles. The van der Waals surface area contributed by atoms with Crippen LogP contribution in [-0.4, -0.2) is 35.1 Å². The summed E-state index contributed by atoms with van der Waals surface area (Å²) in [7, 11) is 0. The van der Waals surface area contributed by atoms with E-state index in [1.807, 2.05) is 6.07 Å². The van der Waals surface area contributed by atoms with E-state index in [1.165, 1.54) is 32.1 Å². The number of pyridine rings is 1. The summed E-state index contributed by atoms with van der Waals surface area (Å²) in [6, 6.07) is 4.91. The lowest BCUT2D eigenvalue weighted by Crippen LogP contribution is -2.44. The second kappa shape index (κ2) is 6.61. The molecule has 2 aliphatic rings. The SMILES string of the molecule is Clc1ccc(Cl)c(CN(CC2CCCCN2)C2CC2)n1. The Morgan fingerprint density at radius 2 is 2.05 bits per heavy atom. The number of nitrogens with one attached hydrogen (secondary N) is 1. The molecule has 1 saturated heterocycles. The van der Waals surface area contributed by atoms with Gasteiger partial charge < -0.3 is 5.32 Å². The zero-order valence-corrected chi connectivity index (χ0v) is 13.1. The fourth-order valence-corrected chi connectivity index (χ4v) is 3.24. The van der Waals surface area contributed by atoms with E-state index >= 15 is 0 Å². The van der Waals surface area contributed by atoms with Gasteiger partial charge in [0.05, 0.1) is 10.7 Å². The van der Waals surface area contributed by atoms with Crippen LogP contribution in [0.4, 0.5) is 0 Å². The molecule has 20 heavy (non-hydrogen) atoms. The van der Waals surface area contributed by atoms with Gasteiger partial charge in [-0.25, -0.2) is 4.98 Å². The zero-order valence-electron chi connectivity index (χ0n) is 11.6. The summed E-state index contributed by atoms with van der Waals surface area (Å²) in [5.41, 5.74) is 0.905. The Hall–Kier alpha value is -0.350. The second-order valence-electron chi connectivity index (χ2n) is 5.87. The van der Waals surface area contributed by atoms with Gasteiger partial charge in [-0.05, 0) is 44.4 Å². The molecule has 1 N–H and O–H groups in total. The molecular weight excluding hydrogens is 293 g/mol. The fourth-order valence-electron chi connectivity index (χ4n) is 2.91. The van der Waals surface area contributed by atoms with Gasteiger partial charge in [0.2, 0.25) is 0 Å². The van der Waals surface area contributed by atoms with Crippen LogP contribution in [0.1, 0.15) is 37.8 Å². The van der Waals surface area contributed by atoms with Crippen LogP contribution in [0.5, 0.6) is 0 Å². The number of nitrogens with zero attached hydrogens (tertiary/aromatic N) is 2. The van der Waals surface area contributed by atoms with Gasteiger partial charge in [-0.1, -0.05) is 29.6 Å². The molecular formula is C15H21Cl2N3. The highest BCUT2D eigenvalue weighted by atomic mass is 35.5. The molecule has 0 aromatic carbocycles. The molecule has 110 valence electrons. The lowest BCUT2D eigenvalue weighted by molar-refractivity contribution is 0.206. The lowest BCUT2D eigenvalue weighted by atomic mass is 10.0. The normalized spacial score (nSPS) is 23.2. The number of hydrogen-bond acceptors (Lipinski definition) is 3. The summed E-state index contributed by atoms with van der Waals surface area (Å²) in [6.45, 7) is 3.05. The summed E-state index contributed by atoms with van der Waals surface area (Å²) in [4.78, 5) is 6.91. The molecule has 5 heteroatoms. The summed E-state index contributed by atoms with van der Waals surface area (Å²) in [5, 5.41) is 4.87. The third-order valence-corrected chi connectivity index (χ3v) is 4.72. The predicted octanol–water partition coefficient (Wildman–Crippen LogP) is 3.49. The van der Waals surface area contributed by atoms with Crippen molar-refractivity contribution in [2.24, 2.45) is 0 Å². The molecule has 1 aliphatic heterocycles. The molecule has 1 atom stereocenters. The van der Waals surface area contributed by atoms with Crippen LogP contribution < -0.4 is 5.32 Å². The highest BCUT2D eigenvalue weighted by molar-refractivity contribution is 6.32. The van der Waals surface area contributed by atoms with Crippen molar-refractivity contribution in [1.29, 1.82) is 0 Å². The Morgan fingerprint density at radius 1 is 1.20 bits per heavy atom. The van der Waals surface area contributed by atoms with Crippen LogP contribution in [-0.2, 0) is 6.54 Å². The summed E-state index contributed by atoms with van der Waals surface area (Å²) >= 11 is 12.2. The molecule has 2 heterocycles. The van der Waals surface area contributed by atoms with Crippen molar-refractivity contribution >= 4 is 23.2 Å². The Balaban J connectivity index is 1.66. The summed E-state index contributed by atoms with van der Waals surface area (Å²) < 4.78 is 0. The average molecular weight is 314 g/mol. The van der Waals surface area contributed by atoms with Crippen molar-refractivity contribution in [3.8, 4) is 0 Å². The van der Waals surface area contributed by atoms with E-state index in [0.717, 1.165) is 30.4 Å². The molecule has 2 fully saturated rings. The predicted molar refractivity (Wildman–Crippen MR) is 83.3 cm³/mol. The quantitative estimate of drug-likeness (QED) is 0.843. The first kappa shape index (κ1) is 14.6. The van der Waals surface area contributed by atoms with Gasteiger partial charge in [0.1, 0.15) is 5.15 Å². The number of hydrogen-bond donors (Lipinski definition) is 1. The van der Waals surface area contributed by atoms with Gasteiger partial charge in [-0.3, -0.25) is 4.90 Å². The number of piperidine rings is 1. The van der Waals surface area contributed by atoms with Crippen molar-refractivity contribution in [2.75, 3.05) is 13.1 Å². The molecule has 3 rings (SSSR count). The second-order valence-corrected chi connectivity index (χ2v) is 6.66. The highest BCUT2D eigenvalue weighted by Gasteiger charge is 2.31. The van der Waals surface area contributed by atoms with Crippen molar-refractivity contribution in [2.45, 2.75) is 50.7 Å². The van der Waals surface area contributed by atoms with E-state index in [1.54, 1.807) is 6.07 Å². The monoisotopic (exact) mass is 313 g/mol. The van der Waals surface area contributed by atoms with Crippen LogP contribution in [0.2, 0.25) is 10.2 Å². The smallest absolute Gasteiger partial charge is 0.129 e. The van der Waals surface area contributed by atoms with E-state index < -0.39 is 0 Å². The van der Waals surface area contributed by atoms with Crippen LogP contribution in [0.25, 0.3) is 0 Å². The first-order valence-electron chi connectivity index (χ1n) is 7.51. The number of rotatable bonds is 5. The lowest BCUT2D eigenvalue weighted by Gasteiger charge is -2.30. The van der Waals surface area contributed by atoms with Crippen LogP contribution in [0.3, 0.4) is 0 Å². The highest BCUT2D eigenvalue weighted by Crippen LogP contribution is 2.30. The zero-order chi connectivity index (χ0) is 13.9. The minimum atomic E-state index is 0.524. The minimum Gasteiger partial charge on any atom is -0.313 e. The van der Waals surface area contributed by atoms with Crippen LogP contribution >= 0.6 is 23.2 Å². The molecule has 1 aromatic rings.